The molecule has 17 heavy (non-hydrogen) atoms. The molecule has 0 radical (unpaired) electrons. The first-order valence-electron chi connectivity index (χ1n) is 6.63. The lowest BCUT2D eigenvalue weighted by molar-refractivity contribution is -0.137. The van der Waals surface area contributed by atoms with Crippen LogP contribution in [0.25, 0.3) is 0 Å². The molecule has 0 aromatic heterocycles. The maximum Gasteiger partial charge on any atom is 0.303 e. The highest BCUT2D eigenvalue weighted by molar-refractivity contribution is 5.66. The van der Waals surface area contributed by atoms with Crippen LogP contribution in [-0.2, 0) is 9.53 Å². The number of aliphatic carboxylic acids is 1. The molecule has 0 bridgehead atoms. The van der Waals surface area contributed by atoms with E-state index in [1.165, 1.54) is 12.8 Å². The van der Waals surface area contributed by atoms with E-state index in [0.29, 0.717) is 18.4 Å². The number of likely N-dealkylation sites (tertiary alicyclic amines) is 1. The van der Waals surface area contributed by atoms with Gasteiger partial charge < -0.3 is 14.7 Å². The fourth-order valence-corrected chi connectivity index (χ4v) is 2.34. The predicted octanol–water partition coefficient (Wildman–Crippen LogP) is 1.99. The highest BCUT2D eigenvalue weighted by Crippen LogP contribution is 2.20. The molecular weight excluding hydrogens is 218 g/mol. The zero-order valence-corrected chi connectivity index (χ0v) is 11.0. The monoisotopic (exact) mass is 243 g/mol. The number of nitrogens with zero attached hydrogens (tertiary/aromatic N) is 1. The van der Waals surface area contributed by atoms with E-state index in [1.807, 2.05) is 13.8 Å². The van der Waals surface area contributed by atoms with Gasteiger partial charge in [-0.05, 0) is 45.6 Å². The van der Waals surface area contributed by atoms with Crippen molar-refractivity contribution in [2.24, 2.45) is 5.92 Å². The Morgan fingerprint density at radius 2 is 2.29 bits per heavy atom. The van der Waals surface area contributed by atoms with E-state index in [4.69, 9.17) is 9.84 Å². The SMILES string of the molecule is CC(C)OCCN1CCCC(CCC(=O)O)C1. The summed E-state index contributed by atoms with van der Waals surface area (Å²) in [7, 11) is 0. The van der Waals surface area contributed by atoms with Crippen molar-refractivity contribution >= 4 is 5.97 Å². The van der Waals surface area contributed by atoms with E-state index in [1.54, 1.807) is 0 Å². The Labute approximate surface area is 104 Å². The molecule has 1 aliphatic heterocycles. The molecule has 0 aromatic carbocycles. The van der Waals surface area contributed by atoms with Crippen LogP contribution in [0.5, 0.6) is 0 Å². The Morgan fingerprint density at radius 3 is 2.94 bits per heavy atom. The van der Waals surface area contributed by atoms with Crippen LogP contribution in [-0.4, -0.2) is 48.3 Å². The Hall–Kier alpha value is -0.610. The topological polar surface area (TPSA) is 49.8 Å². The van der Waals surface area contributed by atoms with Gasteiger partial charge in [0.15, 0.2) is 0 Å². The van der Waals surface area contributed by atoms with Gasteiger partial charge in [0.2, 0.25) is 0 Å². The third kappa shape index (κ3) is 6.64. The van der Waals surface area contributed by atoms with Crippen molar-refractivity contribution in [1.82, 2.24) is 4.90 Å². The second-order valence-corrected chi connectivity index (χ2v) is 5.16. The molecule has 0 aromatic rings. The summed E-state index contributed by atoms with van der Waals surface area (Å²) >= 11 is 0. The zero-order chi connectivity index (χ0) is 12.7. The van der Waals surface area contributed by atoms with Gasteiger partial charge in [0, 0.05) is 19.5 Å². The first kappa shape index (κ1) is 14.5. The summed E-state index contributed by atoms with van der Waals surface area (Å²) in [5, 5.41) is 8.68. The third-order valence-corrected chi connectivity index (χ3v) is 3.23. The molecule has 4 heteroatoms. The maximum atomic E-state index is 10.5. The minimum absolute atomic E-state index is 0.294. The van der Waals surface area contributed by atoms with Gasteiger partial charge in [-0.15, -0.1) is 0 Å². The van der Waals surface area contributed by atoms with Crippen molar-refractivity contribution in [2.45, 2.75) is 45.6 Å². The molecule has 0 spiro atoms. The number of piperidine rings is 1. The van der Waals surface area contributed by atoms with Crippen LogP contribution in [0.1, 0.15) is 39.5 Å². The number of hydrogen-bond donors (Lipinski definition) is 1. The minimum Gasteiger partial charge on any atom is -0.481 e. The molecule has 4 nitrogen and oxygen atoms in total. The summed E-state index contributed by atoms with van der Waals surface area (Å²) in [6.07, 6.45) is 3.78. The summed E-state index contributed by atoms with van der Waals surface area (Å²) < 4.78 is 5.54. The summed E-state index contributed by atoms with van der Waals surface area (Å²) in [6.45, 7) is 8.02. The average molecular weight is 243 g/mol. The van der Waals surface area contributed by atoms with Crippen molar-refractivity contribution < 1.29 is 14.6 Å². The van der Waals surface area contributed by atoms with E-state index in [-0.39, 0.29) is 0 Å². The van der Waals surface area contributed by atoms with Crippen molar-refractivity contribution in [3.05, 3.63) is 0 Å². The van der Waals surface area contributed by atoms with Crippen LogP contribution in [0.4, 0.5) is 0 Å². The Balaban J connectivity index is 2.17. The van der Waals surface area contributed by atoms with Gasteiger partial charge in [0.25, 0.3) is 0 Å². The highest BCUT2D eigenvalue weighted by atomic mass is 16.5. The van der Waals surface area contributed by atoms with Crippen LogP contribution < -0.4 is 0 Å². The molecule has 1 atom stereocenters. The first-order valence-corrected chi connectivity index (χ1v) is 6.63. The summed E-state index contributed by atoms with van der Waals surface area (Å²) in [5.74, 6) is -0.121. The first-order chi connectivity index (χ1) is 8.08. The zero-order valence-electron chi connectivity index (χ0n) is 11.0. The quantitative estimate of drug-likeness (QED) is 0.743. The van der Waals surface area contributed by atoms with Crippen LogP contribution in [0.2, 0.25) is 0 Å². The van der Waals surface area contributed by atoms with Gasteiger partial charge in [0.05, 0.1) is 12.7 Å². The second kappa shape index (κ2) is 7.67. The lowest BCUT2D eigenvalue weighted by Gasteiger charge is -2.32. The van der Waals surface area contributed by atoms with E-state index < -0.39 is 5.97 Å². The molecule has 0 amide bonds. The molecule has 1 aliphatic rings. The Kier molecular flexibility index (Phi) is 6.52. The van der Waals surface area contributed by atoms with Gasteiger partial charge in [-0.1, -0.05) is 0 Å². The highest BCUT2D eigenvalue weighted by Gasteiger charge is 2.20. The van der Waals surface area contributed by atoms with Crippen LogP contribution in [0.3, 0.4) is 0 Å². The van der Waals surface area contributed by atoms with Crippen molar-refractivity contribution in [3.63, 3.8) is 0 Å². The van der Waals surface area contributed by atoms with Gasteiger partial charge in [-0.3, -0.25) is 4.79 Å². The van der Waals surface area contributed by atoms with Crippen LogP contribution in [0.15, 0.2) is 0 Å². The molecule has 1 unspecified atom stereocenters. The number of carboxylic acid groups (broad SMARTS) is 1. The summed E-state index contributed by atoms with van der Waals surface area (Å²) in [4.78, 5) is 12.9. The standard InChI is InChI=1S/C13H25NO3/c1-11(2)17-9-8-14-7-3-4-12(10-14)5-6-13(15)16/h11-12H,3-10H2,1-2H3,(H,15,16). The van der Waals surface area contributed by atoms with E-state index >= 15 is 0 Å². The van der Waals surface area contributed by atoms with Gasteiger partial charge in [-0.25, -0.2) is 0 Å². The molecule has 100 valence electrons. The predicted molar refractivity (Wildman–Crippen MR) is 67.1 cm³/mol. The number of carbonyl (C=O) groups is 1. The van der Waals surface area contributed by atoms with Gasteiger partial charge in [-0.2, -0.15) is 0 Å². The van der Waals surface area contributed by atoms with Crippen molar-refractivity contribution in [1.29, 1.82) is 0 Å². The number of rotatable bonds is 7. The Morgan fingerprint density at radius 1 is 1.53 bits per heavy atom. The number of hydrogen-bond acceptors (Lipinski definition) is 3. The summed E-state index contributed by atoms with van der Waals surface area (Å²) in [6, 6.07) is 0. The smallest absolute Gasteiger partial charge is 0.303 e. The maximum absolute atomic E-state index is 10.5. The molecule has 1 fully saturated rings. The normalized spacial score (nSPS) is 21.9. The Bertz CT molecular complexity index is 231. The summed E-state index contributed by atoms with van der Waals surface area (Å²) in [5.41, 5.74) is 0. The van der Waals surface area contributed by atoms with Crippen LogP contribution in [0, 0.1) is 5.92 Å². The van der Waals surface area contributed by atoms with E-state index in [9.17, 15) is 4.79 Å². The lowest BCUT2D eigenvalue weighted by Crippen LogP contribution is -2.38. The van der Waals surface area contributed by atoms with Crippen LogP contribution >= 0.6 is 0 Å². The molecule has 1 N–H and O–H groups in total. The third-order valence-electron chi connectivity index (χ3n) is 3.23. The second-order valence-electron chi connectivity index (χ2n) is 5.16. The largest absolute Gasteiger partial charge is 0.481 e. The molecule has 1 rings (SSSR count). The molecule has 0 aliphatic carbocycles. The molecular formula is C13H25NO3. The number of carboxylic acids is 1. The fourth-order valence-electron chi connectivity index (χ4n) is 2.34. The molecule has 1 saturated heterocycles. The number of ether oxygens (including phenoxy) is 1. The minimum atomic E-state index is -0.676. The van der Waals surface area contributed by atoms with Gasteiger partial charge in [0.1, 0.15) is 0 Å². The molecule has 1 heterocycles. The van der Waals surface area contributed by atoms with Crippen molar-refractivity contribution in [2.75, 3.05) is 26.2 Å². The van der Waals surface area contributed by atoms with Crippen molar-refractivity contribution in [3.8, 4) is 0 Å². The van der Waals surface area contributed by atoms with Gasteiger partial charge >= 0.3 is 5.97 Å². The van der Waals surface area contributed by atoms with E-state index in [0.717, 1.165) is 32.7 Å². The van der Waals surface area contributed by atoms with E-state index in [2.05, 4.69) is 4.90 Å². The molecule has 0 saturated carbocycles. The average Bonchev–Trinajstić information content (AvgIpc) is 2.26. The lowest BCUT2D eigenvalue weighted by atomic mass is 9.93. The fraction of sp³-hybridized carbons (Fsp3) is 0.923.